The maximum absolute atomic E-state index is 12.4. The Bertz CT molecular complexity index is 259. The van der Waals surface area contributed by atoms with Gasteiger partial charge in [-0.05, 0) is 18.9 Å². The molecular weight excluding hydrogens is 206 g/mol. The number of carbonyl (C=O) groups is 1. The number of likely N-dealkylation sites (tertiary alicyclic amines) is 2. The monoisotopic (exact) mass is 219 g/mol. The molecule has 0 spiro atoms. The molecule has 2 aliphatic heterocycles. The highest BCUT2D eigenvalue weighted by molar-refractivity contribution is 5.63. The SMILES string of the molecule is O=C([O-])N1CC(CCN2CC(F)(F)C2)C1. The van der Waals surface area contributed by atoms with E-state index in [1.54, 1.807) is 4.90 Å². The van der Waals surface area contributed by atoms with Crippen molar-refractivity contribution in [1.29, 1.82) is 0 Å². The molecule has 0 radical (unpaired) electrons. The molecule has 0 aromatic rings. The van der Waals surface area contributed by atoms with Crippen molar-refractivity contribution in [3.63, 3.8) is 0 Å². The summed E-state index contributed by atoms with van der Waals surface area (Å²) in [5.41, 5.74) is 0. The molecule has 4 nitrogen and oxygen atoms in total. The first-order valence-corrected chi connectivity index (χ1v) is 5.02. The van der Waals surface area contributed by atoms with Gasteiger partial charge in [0, 0.05) is 13.1 Å². The molecule has 86 valence electrons. The molecule has 2 heterocycles. The fourth-order valence-corrected chi connectivity index (χ4v) is 2.03. The molecule has 1 amide bonds. The zero-order chi connectivity index (χ0) is 11.1. The Hall–Kier alpha value is -0.910. The second-order valence-electron chi connectivity index (χ2n) is 4.39. The predicted octanol–water partition coefficient (Wildman–Crippen LogP) is -0.398. The molecule has 2 aliphatic rings. The number of carboxylic acid groups (broad SMARTS) is 1. The van der Waals surface area contributed by atoms with Crippen LogP contribution in [0.4, 0.5) is 13.6 Å². The van der Waals surface area contributed by atoms with Crippen molar-refractivity contribution in [2.45, 2.75) is 12.3 Å². The average molecular weight is 219 g/mol. The molecule has 6 heteroatoms. The Kier molecular flexibility index (Phi) is 2.54. The van der Waals surface area contributed by atoms with Gasteiger partial charge >= 0.3 is 0 Å². The Balaban J connectivity index is 1.56. The van der Waals surface area contributed by atoms with E-state index in [2.05, 4.69) is 0 Å². The van der Waals surface area contributed by atoms with E-state index < -0.39 is 12.0 Å². The van der Waals surface area contributed by atoms with Crippen molar-refractivity contribution >= 4 is 6.09 Å². The topological polar surface area (TPSA) is 46.6 Å². The third-order valence-electron chi connectivity index (χ3n) is 2.98. The van der Waals surface area contributed by atoms with Gasteiger partial charge < -0.3 is 14.8 Å². The molecule has 0 aliphatic carbocycles. The normalized spacial score (nSPS) is 25.9. The maximum Gasteiger partial charge on any atom is 0.272 e. The Labute approximate surface area is 86.5 Å². The number of hydrogen-bond donors (Lipinski definition) is 0. The standard InChI is InChI=1S/C9H14F2N2O2/c10-9(11)5-12(6-9)2-1-7-3-13(4-7)8(14)15/h7H,1-6H2,(H,14,15)/p-1. The van der Waals surface area contributed by atoms with Crippen LogP contribution in [0.1, 0.15) is 6.42 Å². The summed E-state index contributed by atoms with van der Waals surface area (Å²) in [7, 11) is 0. The van der Waals surface area contributed by atoms with E-state index in [-0.39, 0.29) is 13.1 Å². The van der Waals surface area contributed by atoms with E-state index >= 15 is 0 Å². The summed E-state index contributed by atoms with van der Waals surface area (Å²) in [5, 5.41) is 10.3. The lowest BCUT2D eigenvalue weighted by Gasteiger charge is -2.44. The molecule has 15 heavy (non-hydrogen) atoms. The van der Waals surface area contributed by atoms with Crippen LogP contribution in [0.25, 0.3) is 0 Å². The van der Waals surface area contributed by atoms with Crippen LogP contribution >= 0.6 is 0 Å². The minimum Gasteiger partial charge on any atom is -0.530 e. The molecule has 0 bridgehead atoms. The summed E-state index contributed by atoms with van der Waals surface area (Å²) in [6, 6.07) is 0. The van der Waals surface area contributed by atoms with Crippen LogP contribution in [-0.4, -0.2) is 54.5 Å². The molecule has 0 aromatic carbocycles. The highest BCUT2D eigenvalue weighted by Crippen LogP contribution is 2.28. The van der Waals surface area contributed by atoms with Gasteiger partial charge in [-0.15, -0.1) is 0 Å². The fraction of sp³-hybridized carbons (Fsp3) is 0.889. The van der Waals surface area contributed by atoms with Crippen LogP contribution in [0.2, 0.25) is 0 Å². The van der Waals surface area contributed by atoms with Gasteiger partial charge in [-0.25, -0.2) is 8.78 Å². The van der Waals surface area contributed by atoms with Crippen LogP contribution in [0.15, 0.2) is 0 Å². The average Bonchev–Trinajstić information content (AvgIpc) is 1.96. The Morgan fingerprint density at radius 2 is 2.00 bits per heavy atom. The van der Waals surface area contributed by atoms with Crippen LogP contribution in [0.3, 0.4) is 0 Å². The maximum atomic E-state index is 12.4. The van der Waals surface area contributed by atoms with E-state index in [1.807, 2.05) is 0 Å². The van der Waals surface area contributed by atoms with Gasteiger partial charge in [-0.3, -0.25) is 4.90 Å². The Morgan fingerprint density at radius 3 is 2.47 bits per heavy atom. The summed E-state index contributed by atoms with van der Waals surface area (Å²) < 4.78 is 24.9. The first-order valence-electron chi connectivity index (χ1n) is 5.02. The fourth-order valence-electron chi connectivity index (χ4n) is 2.03. The minimum absolute atomic E-state index is 0.149. The predicted molar refractivity (Wildman–Crippen MR) is 46.5 cm³/mol. The number of amides is 1. The third kappa shape index (κ3) is 2.37. The molecule has 2 rings (SSSR count). The first-order chi connectivity index (χ1) is 6.96. The van der Waals surface area contributed by atoms with Gasteiger partial charge in [0.25, 0.3) is 5.92 Å². The highest BCUT2D eigenvalue weighted by atomic mass is 19.3. The minimum atomic E-state index is -2.50. The molecule has 2 saturated heterocycles. The smallest absolute Gasteiger partial charge is 0.272 e. The van der Waals surface area contributed by atoms with E-state index in [1.165, 1.54) is 4.90 Å². The molecule has 0 atom stereocenters. The molecule has 2 fully saturated rings. The second-order valence-corrected chi connectivity index (χ2v) is 4.39. The van der Waals surface area contributed by atoms with Crippen LogP contribution in [0.5, 0.6) is 0 Å². The summed E-state index contributed by atoms with van der Waals surface area (Å²) in [6.07, 6.45) is -0.346. The van der Waals surface area contributed by atoms with Crippen molar-refractivity contribution in [3.8, 4) is 0 Å². The molecule has 0 unspecified atom stereocenters. The lowest BCUT2D eigenvalue weighted by molar-refractivity contribution is -0.271. The van der Waals surface area contributed by atoms with E-state index in [0.29, 0.717) is 25.6 Å². The summed E-state index contributed by atoms with van der Waals surface area (Å²) in [5.74, 6) is -2.19. The van der Waals surface area contributed by atoms with Crippen LogP contribution in [-0.2, 0) is 0 Å². The molecule has 0 N–H and O–H groups in total. The first kappa shape index (κ1) is 10.6. The zero-order valence-electron chi connectivity index (χ0n) is 8.29. The number of hydrogen-bond acceptors (Lipinski definition) is 3. The summed E-state index contributed by atoms with van der Waals surface area (Å²) in [6.45, 7) is 1.33. The third-order valence-corrected chi connectivity index (χ3v) is 2.98. The Morgan fingerprint density at radius 1 is 1.40 bits per heavy atom. The molecule has 0 aromatic heterocycles. The zero-order valence-corrected chi connectivity index (χ0v) is 8.29. The van der Waals surface area contributed by atoms with Crippen molar-refractivity contribution in [2.24, 2.45) is 5.92 Å². The van der Waals surface area contributed by atoms with Gasteiger partial charge in [0.1, 0.15) is 6.09 Å². The number of carbonyl (C=O) groups excluding carboxylic acids is 1. The highest BCUT2D eigenvalue weighted by Gasteiger charge is 2.43. The summed E-state index contributed by atoms with van der Waals surface area (Å²) >= 11 is 0. The second kappa shape index (κ2) is 3.59. The van der Waals surface area contributed by atoms with Gasteiger partial charge in [0.2, 0.25) is 0 Å². The number of alkyl halides is 2. The number of nitrogens with zero attached hydrogens (tertiary/aromatic N) is 2. The quantitative estimate of drug-likeness (QED) is 0.649. The van der Waals surface area contributed by atoms with E-state index in [9.17, 15) is 18.7 Å². The van der Waals surface area contributed by atoms with Gasteiger partial charge in [0.15, 0.2) is 0 Å². The largest absolute Gasteiger partial charge is 0.530 e. The number of halogens is 2. The number of rotatable bonds is 3. The van der Waals surface area contributed by atoms with Gasteiger partial charge in [-0.1, -0.05) is 0 Å². The summed E-state index contributed by atoms with van der Waals surface area (Å²) in [4.78, 5) is 13.3. The lowest BCUT2D eigenvalue weighted by atomic mass is 9.96. The van der Waals surface area contributed by atoms with Gasteiger partial charge in [-0.2, -0.15) is 0 Å². The molecule has 0 saturated carbocycles. The van der Waals surface area contributed by atoms with Crippen molar-refractivity contribution in [1.82, 2.24) is 9.80 Å². The van der Waals surface area contributed by atoms with Gasteiger partial charge in [0.05, 0.1) is 13.1 Å². The van der Waals surface area contributed by atoms with E-state index in [0.717, 1.165) is 6.42 Å². The lowest BCUT2D eigenvalue weighted by Crippen LogP contribution is -2.58. The van der Waals surface area contributed by atoms with Crippen molar-refractivity contribution in [3.05, 3.63) is 0 Å². The van der Waals surface area contributed by atoms with Crippen molar-refractivity contribution < 1.29 is 18.7 Å². The molecular formula is C9H13F2N2O2-. The van der Waals surface area contributed by atoms with E-state index in [4.69, 9.17) is 0 Å². The van der Waals surface area contributed by atoms with Crippen LogP contribution in [0, 0.1) is 5.92 Å². The van der Waals surface area contributed by atoms with Crippen LogP contribution < -0.4 is 5.11 Å². The van der Waals surface area contributed by atoms with Crippen molar-refractivity contribution in [2.75, 3.05) is 32.7 Å².